The quantitative estimate of drug-likeness (QED) is 0.847. The van der Waals surface area contributed by atoms with Crippen molar-refractivity contribution >= 4 is 11.3 Å². The zero-order valence-corrected chi connectivity index (χ0v) is 10.6. The number of thiophene rings is 1. The molecular weight excluding hydrogens is 214 g/mol. The molecule has 0 fully saturated rings. The van der Waals surface area contributed by atoms with Crippen LogP contribution in [0.25, 0.3) is 0 Å². The van der Waals surface area contributed by atoms with Crippen LogP contribution in [0.2, 0.25) is 0 Å². The third kappa shape index (κ3) is 2.94. The van der Waals surface area contributed by atoms with Gasteiger partial charge in [0.05, 0.1) is 0 Å². The average Bonchev–Trinajstić information content (AvgIpc) is 2.76. The van der Waals surface area contributed by atoms with E-state index in [1.54, 1.807) is 11.3 Å². The molecule has 0 radical (unpaired) electrons. The van der Waals surface area contributed by atoms with Crippen LogP contribution in [0.15, 0.2) is 35.0 Å². The van der Waals surface area contributed by atoms with E-state index in [1.807, 2.05) is 0 Å². The largest absolute Gasteiger partial charge is 0.309 e. The van der Waals surface area contributed by atoms with E-state index in [-0.39, 0.29) is 0 Å². The van der Waals surface area contributed by atoms with E-state index in [0.29, 0.717) is 0 Å². The molecule has 0 aliphatic carbocycles. The molecule has 0 bridgehead atoms. The summed E-state index contributed by atoms with van der Waals surface area (Å²) in [6.45, 7) is 6.21. The summed E-state index contributed by atoms with van der Waals surface area (Å²) in [6.07, 6.45) is 0. The molecule has 0 saturated carbocycles. The van der Waals surface area contributed by atoms with Crippen molar-refractivity contribution in [3.8, 4) is 0 Å². The smallest absolute Gasteiger partial charge is 0.0216 e. The lowest BCUT2D eigenvalue weighted by atomic mass is 10.1. The van der Waals surface area contributed by atoms with Gasteiger partial charge in [0, 0.05) is 13.1 Å². The molecule has 84 valence electrons. The topological polar surface area (TPSA) is 12.0 Å². The Kier molecular flexibility index (Phi) is 3.75. The number of rotatable bonds is 4. The van der Waals surface area contributed by atoms with Gasteiger partial charge in [-0.2, -0.15) is 11.3 Å². The molecule has 0 saturated heterocycles. The molecule has 0 atom stereocenters. The average molecular weight is 231 g/mol. The van der Waals surface area contributed by atoms with Gasteiger partial charge in [-0.3, -0.25) is 0 Å². The van der Waals surface area contributed by atoms with Gasteiger partial charge in [0.2, 0.25) is 0 Å². The van der Waals surface area contributed by atoms with Crippen molar-refractivity contribution in [2.75, 3.05) is 0 Å². The Hall–Kier alpha value is -1.12. The van der Waals surface area contributed by atoms with Gasteiger partial charge in [0.1, 0.15) is 0 Å². The van der Waals surface area contributed by atoms with Crippen molar-refractivity contribution in [1.29, 1.82) is 0 Å². The first-order chi connectivity index (χ1) is 7.75. The molecule has 0 spiro atoms. The summed E-state index contributed by atoms with van der Waals surface area (Å²) in [5.74, 6) is 0. The number of aryl methyl sites for hydroxylation is 2. The second kappa shape index (κ2) is 5.28. The summed E-state index contributed by atoms with van der Waals surface area (Å²) in [7, 11) is 0. The van der Waals surface area contributed by atoms with E-state index in [2.05, 4.69) is 54.2 Å². The maximum absolute atomic E-state index is 3.48. The Morgan fingerprint density at radius 3 is 2.75 bits per heavy atom. The van der Waals surface area contributed by atoms with Gasteiger partial charge in [0.15, 0.2) is 0 Å². The van der Waals surface area contributed by atoms with Crippen LogP contribution in [-0.2, 0) is 13.1 Å². The highest BCUT2D eigenvalue weighted by molar-refractivity contribution is 7.07. The molecule has 0 aliphatic rings. The van der Waals surface area contributed by atoms with Crippen LogP contribution < -0.4 is 5.32 Å². The fourth-order valence-corrected chi connectivity index (χ4v) is 2.39. The Bertz CT molecular complexity index is 446. The minimum Gasteiger partial charge on any atom is -0.309 e. The molecule has 2 heteroatoms. The second-order valence-electron chi connectivity index (χ2n) is 4.17. The molecule has 1 nitrogen and oxygen atoms in total. The first-order valence-electron chi connectivity index (χ1n) is 5.53. The minimum atomic E-state index is 0.948. The van der Waals surface area contributed by atoms with Crippen molar-refractivity contribution < 1.29 is 0 Å². The number of benzene rings is 1. The normalized spacial score (nSPS) is 10.6. The third-order valence-electron chi connectivity index (χ3n) is 2.73. The van der Waals surface area contributed by atoms with Crippen LogP contribution in [0.3, 0.4) is 0 Å². The molecule has 2 rings (SSSR count). The van der Waals surface area contributed by atoms with Gasteiger partial charge in [-0.05, 0) is 47.4 Å². The van der Waals surface area contributed by atoms with E-state index < -0.39 is 0 Å². The van der Waals surface area contributed by atoms with E-state index in [4.69, 9.17) is 0 Å². The zero-order valence-electron chi connectivity index (χ0n) is 9.79. The van der Waals surface area contributed by atoms with Crippen LogP contribution >= 0.6 is 11.3 Å². The summed E-state index contributed by atoms with van der Waals surface area (Å²) >= 11 is 1.75. The maximum atomic E-state index is 3.48. The number of hydrogen-bond donors (Lipinski definition) is 1. The Morgan fingerprint density at radius 1 is 1.12 bits per heavy atom. The zero-order chi connectivity index (χ0) is 11.4. The monoisotopic (exact) mass is 231 g/mol. The van der Waals surface area contributed by atoms with Gasteiger partial charge in [-0.25, -0.2) is 0 Å². The van der Waals surface area contributed by atoms with Crippen LogP contribution in [0.4, 0.5) is 0 Å². The Balaban J connectivity index is 1.92. The molecule has 0 aliphatic heterocycles. The predicted octanol–water partition coefficient (Wildman–Crippen LogP) is 3.65. The molecule has 2 aromatic rings. The summed E-state index contributed by atoms with van der Waals surface area (Å²) in [6, 6.07) is 8.78. The van der Waals surface area contributed by atoms with Crippen LogP contribution in [0, 0.1) is 13.8 Å². The summed E-state index contributed by atoms with van der Waals surface area (Å²) in [4.78, 5) is 0. The highest BCUT2D eigenvalue weighted by Gasteiger charge is 1.98. The highest BCUT2D eigenvalue weighted by Crippen LogP contribution is 2.11. The highest BCUT2D eigenvalue weighted by atomic mass is 32.1. The molecular formula is C14H17NS. The summed E-state index contributed by atoms with van der Waals surface area (Å²) in [5, 5.41) is 7.79. The van der Waals surface area contributed by atoms with Crippen molar-refractivity contribution in [2.24, 2.45) is 0 Å². The van der Waals surface area contributed by atoms with E-state index in [9.17, 15) is 0 Å². The lowest BCUT2D eigenvalue weighted by molar-refractivity contribution is 0.692. The predicted molar refractivity (Wildman–Crippen MR) is 70.8 cm³/mol. The van der Waals surface area contributed by atoms with Crippen molar-refractivity contribution in [3.63, 3.8) is 0 Å². The van der Waals surface area contributed by atoms with Gasteiger partial charge in [-0.1, -0.05) is 23.8 Å². The van der Waals surface area contributed by atoms with Crippen LogP contribution in [-0.4, -0.2) is 0 Å². The van der Waals surface area contributed by atoms with E-state index in [1.165, 1.54) is 22.3 Å². The van der Waals surface area contributed by atoms with Crippen molar-refractivity contribution in [1.82, 2.24) is 5.32 Å². The van der Waals surface area contributed by atoms with Gasteiger partial charge in [0.25, 0.3) is 0 Å². The lowest BCUT2D eigenvalue weighted by Gasteiger charge is -2.08. The van der Waals surface area contributed by atoms with Gasteiger partial charge < -0.3 is 5.32 Å². The molecule has 0 unspecified atom stereocenters. The first kappa shape index (κ1) is 11.4. The SMILES string of the molecule is Cc1ccc(C)c(CNCc2ccsc2)c1. The molecule has 1 aromatic heterocycles. The fourth-order valence-electron chi connectivity index (χ4n) is 1.73. The molecule has 16 heavy (non-hydrogen) atoms. The second-order valence-corrected chi connectivity index (χ2v) is 4.95. The van der Waals surface area contributed by atoms with Gasteiger partial charge >= 0.3 is 0 Å². The number of hydrogen-bond acceptors (Lipinski definition) is 2. The Morgan fingerprint density at radius 2 is 2.00 bits per heavy atom. The standard InChI is InChI=1S/C14H17NS/c1-11-3-4-12(2)14(7-11)9-15-8-13-5-6-16-10-13/h3-7,10,15H,8-9H2,1-2H3. The van der Waals surface area contributed by atoms with E-state index >= 15 is 0 Å². The Labute approximate surface area is 101 Å². The molecule has 0 amide bonds. The number of nitrogens with one attached hydrogen (secondary N) is 1. The third-order valence-corrected chi connectivity index (χ3v) is 3.46. The summed E-state index contributed by atoms with van der Waals surface area (Å²) < 4.78 is 0. The van der Waals surface area contributed by atoms with Crippen molar-refractivity contribution in [2.45, 2.75) is 26.9 Å². The van der Waals surface area contributed by atoms with Crippen molar-refractivity contribution in [3.05, 3.63) is 57.3 Å². The van der Waals surface area contributed by atoms with E-state index in [0.717, 1.165) is 13.1 Å². The minimum absolute atomic E-state index is 0.948. The van der Waals surface area contributed by atoms with Gasteiger partial charge in [-0.15, -0.1) is 0 Å². The molecule has 1 heterocycles. The fraction of sp³-hybridized carbons (Fsp3) is 0.286. The molecule has 1 aromatic carbocycles. The maximum Gasteiger partial charge on any atom is 0.0216 e. The summed E-state index contributed by atoms with van der Waals surface area (Å²) in [5.41, 5.74) is 5.46. The van der Waals surface area contributed by atoms with Crippen LogP contribution in [0.1, 0.15) is 22.3 Å². The van der Waals surface area contributed by atoms with Crippen LogP contribution in [0.5, 0.6) is 0 Å². The molecule has 1 N–H and O–H groups in total. The first-order valence-corrected chi connectivity index (χ1v) is 6.48. The lowest BCUT2D eigenvalue weighted by Crippen LogP contribution is -2.13.